The van der Waals surface area contributed by atoms with Crippen LogP contribution < -0.4 is 5.32 Å². The largest absolute Gasteiger partial charge is 0.369 e. The summed E-state index contributed by atoms with van der Waals surface area (Å²) in [5, 5.41) is 3.00. The van der Waals surface area contributed by atoms with Gasteiger partial charge >= 0.3 is 0 Å². The smallest absolute Gasteiger partial charge is 0.227 e. The predicted octanol–water partition coefficient (Wildman–Crippen LogP) is 2.58. The molecule has 2 rings (SSSR count). The lowest BCUT2D eigenvalue weighted by Gasteiger charge is -2.33. The summed E-state index contributed by atoms with van der Waals surface area (Å²) in [7, 11) is 1.72. The number of carbonyl (C=O) groups excluding carboxylic acids is 1. The molecule has 0 saturated carbocycles. The van der Waals surface area contributed by atoms with Gasteiger partial charge in [0.25, 0.3) is 0 Å². The summed E-state index contributed by atoms with van der Waals surface area (Å²) >= 11 is 0. The number of hydrogen-bond donors (Lipinski definition) is 1. The molecule has 110 valence electrons. The fraction of sp³-hybridized carbons (Fsp3) is 0.562. The first-order valence-corrected chi connectivity index (χ1v) is 7.28. The molecule has 1 atom stereocenters. The van der Waals surface area contributed by atoms with Crippen molar-refractivity contribution >= 4 is 11.6 Å². The number of rotatable bonds is 5. The fourth-order valence-electron chi connectivity index (χ4n) is 2.76. The van der Waals surface area contributed by atoms with Crippen molar-refractivity contribution in [2.45, 2.75) is 19.8 Å². The molecule has 1 aliphatic heterocycles. The summed E-state index contributed by atoms with van der Waals surface area (Å²) in [6, 6.07) is 9.66. The van der Waals surface area contributed by atoms with Crippen LogP contribution in [0.1, 0.15) is 19.8 Å². The van der Waals surface area contributed by atoms with Gasteiger partial charge in [0.1, 0.15) is 0 Å². The van der Waals surface area contributed by atoms with Gasteiger partial charge in [-0.25, -0.2) is 0 Å². The highest BCUT2D eigenvalue weighted by Crippen LogP contribution is 2.25. The van der Waals surface area contributed by atoms with Crippen LogP contribution in [0.3, 0.4) is 0 Å². The number of anilines is 1. The summed E-state index contributed by atoms with van der Waals surface area (Å²) in [4.78, 5) is 14.6. The molecule has 1 saturated heterocycles. The lowest BCUT2D eigenvalue weighted by Crippen LogP contribution is -2.39. The number of likely N-dealkylation sites (tertiary alicyclic amines) is 1. The van der Waals surface area contributed by atoms with Crippen LogP contribution in [0.2, 0.25) is 0 Å². The Morgan fingerprint density at radius 2 is 2.00 bits per heavy atom. The first-order valence-electron chi connectivity index (χ1n) is 7.28. The highest BCUT2D eigenvalue weighted by atomic mass is 16.5. The lowest BCUT2D eigenvalue weighted by molar-refractivity contribution is -0.121. The van der Waals surface area contributed by atoms with Crippen LogP contribution in [0.4, 0.5) is 5.69 Å². The monoisotopic (exact) mass is 276 g/mol. The van der Waals surface area contributed by atoms with Crippen LogP contribution in [-0.2, 0) is 9.53 Å². The van der Waals surface area contributed by atoms with E-state index in [9.17, 15) is 4.79 Å². The molecule has 0 aliphatic carbocycles. The van der Waals surface area contributed by atoms with Gasteiger partial charge in [-0.05, 0) is 30.9 Å². The zero-order valence-corrected chi connectivity index (χ0v) is 12.3. The molecular formula is C16H24N2O2. The number of nitrogens with one attached hydrogen (secondary N) is 1. The van der Waals surface area contributed by atoms with Gasteiger partial charge in [0, 0.05) is 31.8 Å². The zero-order chi connectivity index (χ0) is 14.4. The van der Waals surface area contributed by atoms with Gasteiger partial charge in [0.05, 0.1) is 6.73 Å². The van der Waals surface area contributed by atoms with Crippen molar-refractivity contribution in [2.24, 2.45) is 11.8 Å². The molecule has 4 nitrogen and oxygen atoms in total. The SMILES string of the molecule is COCN1CCC(C(C)C(=O)Nc2ccccc2)CC1. The van der Waals surface area contributed by atoms with Crippen molar-refractivity contribution < 1.29 is 9.53 Å². The Kier molecular flexibility index (Phi) is 5.56. The van der Waals surface area contributed by atoms with Gasteiger partial charge in [-0.1, -0.05) is 25.1 Å². The molecule has 1 fully saturated rings. The molecule has 0 radical (unpaired) electrons. The number of nitrogens with zero attached hydrogens (tertiary/aromatic N) is 1. The molecule has 20 heavy (non-hydrogen) atoms. The number of benzene rings is 1. The molecular weight excluding hydrogens is 252 g/mol. The fourth-order valence-corrected chi connectivity index (χ4v) is 2.76. The van der Waals surface area contributed by atoms with E-state index in [0.717, 1.165) is 31.6 Å². The molecule has 1 unspecified atom stereocenters. The van der Waals surface area contributed by atoms with E-state index < -0.39 is 0 Å². The Bertz CT molecular complexity index is 414. The van der Waals surface area contributed by atoms with Crippen molar-refractivity contribution in [3.8, 4) is 0 Å². The minimum absolute atomic E-state index is 0.0555. The first-order chi connectivity index (χ1) is 9.70. The third kappa shape index (κ3) is 4.05. The standard InChI is InChI=1S/C16H24N2O2/c1-13(14-8-10-18(11-9-14)12-20-2)16(19)17-15-6-4-3-5-7-15/h3-7,13-14H,8-12H2,1-2H3,(H,17,19). The Balaban J connectivity index is 1.82. The van der Waals surface area contributed by atoms with Crippen LogP contribution in [0.5, 0.6) is 0 Å². The van der Waals surface area contributed by atoms with E-state index in [4.69, 9.17) is 4.74 Å². The minimum Gasteiger partial charge on any atom is -0.369 e. The van der Waals surface area contributed by atoms with Gasteiger partial charge < -0.3 is 10.1 Å². The Morgan fingerprint density at radius 3 is 2.60 bits per heavy atom. The van der Waals surface area contributed by atoms with E-state index in [1.165, 1.54) is 0 Å². The van der Waals surface area contributed by atoms with Crippen molar-refractivity contribution in [1.82, 2.24) is 4.90 Å². The maximum Gasteiger partial charge on any atom is 0.227 e. The second kappa shape index (κ2) is 7.41. The Hall–Kier alpha value is -1.39. The summed E-state index contributed by atoms with van der Waals surface area (Å²) in [6.07, 6.45) is 2.12. The summed E-state index contributed by atoms with van der Waals surface area (Å²) < 4.78 is 5.15. The number of para-hydroxylation sites is 1. The van der Waals surface area contributed by atoms with E-state index in [2.05, 4.69) is 10.2 Å². The summed E-state index contributed by atoms with van der Waals surface area (Å²) in [5.74, 6) is 0.646. The van der Waals surface area contributed by atoms with E-state index in [0.29, 0.717) is 12.6 Å². The first kappa shape index (κ1) is 15.0. The molecule has 0 bridgehead atoms. The summed E-state index contributed by atoms with van der Waals surface area (Å²) in [6.45, 7) is 4.76. The van der Waals surface area contributed by atoms with Gasteiger partial charge in [0.2, 0.25) is 5.91 Å². The van der Waals surface area contributed by atoms with E-state index >= 15 is 0 Å². The predicted molar refractivity (Wildman–Crippen MR) is 80.4 cm³/mol. The van der Waals surface area contributed by atoms with Gasteiger partial charge in [-0.15, -0.1) is 0 Å². The zero-order valence-electron chi connectivity index (χ0n) is 12.3. The molecule has 1 aromatic carbocycles. The highest BCUT2D eigenvalue weighted by molar-refractivity contribution is 5.92. The molecule has 1 heterocycles. The van der Waals surface area contributed by atoms with Gasteiger partial charge in [0.15, 0.2) is 0 Å². The van der Waals surface area contributed by atoms with Gasteiger partial charge in [-0.2, -0.15) is 0 Å². The Labute approximate surface area is 121 Å². The lowest BCUT2D eigenvalue weighted by atomic mass is 9.85. The third-order valence-corrected chi connectivity index (χ3v) is 4.11. The van der Waals surface area contributed by atoms with Crippen LogP contribution in [0.25, 0.3) is 0 Å². The molecule has 4 heteroatoms. The van der Waals surface area contributed by atoms with Crippen LogP contribution >= 0.6 is 0 Å². The number of methoxy groups -OCH3 is 1. The molecule has 1 N–H and O–H groups in total. The average molecular weight is 276 g/mol. The van der Waals surface area contributed by atoms with Crippen molar-refractivity contribution in [3.05, 3.63) is 30.3 Å². The molecule has 0 spiro atoms. The maximum atomic E-state index is 12.3. The number of ether oxygens (including phenoxy) is 1. The number of amides is 1. The van der Waals surface area contributed by atoms with Crippen LogP contribution in [0.15, 0.2) is 30.3 Å². The molecule has 1 aliphatic rings. The minimum atomic E-state index is 0.0555. The second-order valence-corrected chi connectivity index (χ2v) is 5.52. The highest BCUT2D eigenvalue weighted by Gasteiger charge is 2.28. The van der Waals surface area contributed by atoms with Crippen LogP contribution in [0, 0.1) is 11.8 Å². The van der Waals surface area contributed by atoms with E-state index in [1.54, 1.807) is 7.11 Å². The topological polar surface area (TPSA) is 41.6 Å². The normalized spacial score (nSPS) is 18.7. The Morgan fingerprint density at radius 1 is 1.35 bits per heavy atom. The average Bonchev–Trinajstić information content (AvgIpc) is 2.48. The van der Waals surface area contributed by atoms with Crippen molar-refractivity contribution in [3.63, 3.8) is 0 Å². The summed E-state index contributed by atoms with van der Waals surface area (Å²) in [5.41, 5.74) is 0.876. The quantitative estimate of drug-likeness (QED) is 0.898. The second-order valence-electron chi connectivity index (χ2n) is 5.52. The molecule has 1 amide bonds. The van der Waals surface area contributed by atoms with Crippen LogP contribution in [-0.4, -0.2) is 37.7 Å². The number of piperidine rings is 1. The number of carbonyl (C=O) groups is 1. The molecule has 0 aromatic heterocycles. The molecule has 1 aromatic rings. The third-order valence-electron chi connectivity index (χ3n) is 4.11. The van der Waals surface area contributed by atoms with Crippen molar-refractivity contribution in [1.29, 1.82) is 0 Å². The van der Waals surface area contributed by atoms with Gasteiger partial charge in [-0.3, -0.25) is 9.69 Å². The van der Waals surface area contributed by atoms with E-state index in [1.807, 2.05) is 37.3 Å². The van der Waals surface area contributed by atoms with E-state index in [-0.39, 0.29) is 11.8 Å². The number of hydrogen-bond acceptors (Lipinski definition) is 3. The van der Waals surface area contributed by atoms with Crippen molar-refractivity contribution in [2.75, 3.05) is 32.2 Å². The maximum absolute atomic E-state index is 12.3.